The molecule has 0 N–H and O–H groups in total. The van der Waals surface area contributed by atoms with Crippen LogP contribution in [0.25, 0.3) is 6.08 Å². The highest BCUT2D eigenvalue weighted by Gasteiger charge is 2.62. The molecule has 5 heteroatoms. The molecular weight excluding hydrogens is 392 g/mol. The van der Waals surface area contributed by atoms with Crippen molar-refractivity contribution in [2.45, 2.75) is 45.4 Å². The molecule has 5 nitrogen and oxygen atoms in total. The van der Waals surface area contributed by atoms with E-state index in [4.69, 9.17) is 18.9 Å². The largest absolute Gasteiger partial charge is 0.459 e. The first kappa shape index (κ1) is 22.0. The lowest BCUT2D eigenvalue weighted by Gasteiger charge is -2.55. The third kappa shape index (κ3) is 3.79. The van der Waals surface area contributed by atoms with Crippen molar-refractivity contribution in [3.63, 3.8) is 0 Å². The van der Waals surface area contributed by atoms with Gasteiger partial charge >= 0.3 is 5.97 Å². The molecule has 0 unspecified atom stereocenters. The topological polar surface area (TPSA) is 54.0 Å². The first-order valence-electron chi connectivity index (χ1n) is 10.9. The Balaban J connectivity index is 1.64. The zero-order chi connectivity index (χ0) is 22.2. The number of ether oxygens (including phenoxy) is 4. The Labute approximate surface area is 184 Å². The fourth-order valence-corrected chi connectivity index (χ4v) is 5.69. The molecule has 4 rings (SSSR count). The number of rotatable bonds is 5. The smallest absolute Gasteiger partial charge is 0.331 e. The monoisotopic (exact) mass is 424 g/mol. The molecule has 1 aromatic rings. The summed E-state index contributed by atoms with van der Waals surface area (Å²) in [7, 11) is 3.29. The maximum absolute atomic E-state index is 12.8. The van der Waals surface area contributed by atoms with E-state index in [2.05, 4.69) is 26.5 Å². The van der Waals surface area contributed by atoms with Crippen LogP contribution in [0.2, 0.25) is 0 Å². The van der Waals surface area contributed by atoms with Gasteiger partial charge in [-0.3, -0.25) is 0 Å². The van der Waals surface area contributed by atoms with E-state index in [9.17, 15) is 4.79 Å². The molecule has 3 aliphatic rings. The molecule has 2 aliphatic carbocycles. The molecule has 0 radical (unpaired) electrons. The lowest BCUT2D eigenvalue weighted by Crippen LogP contribution is -2.56. The van der Waals surface area contributed by atoms with Crippen molar-refractivity contribution in [2.75, 3.05) is 14.2 Å². The van der Waals surface area contributed by atoms with Crippen molar-refractivity contribution in [2.24, 2.45) is 23.2 Å². The van der Waals surface area contributed by atoms with Gasteiger partial charge in [0.05, 0.1) is 0 Å². The van der Waals surface area contributed by atoms with Crippen LogP contribution in [0.1, 0.15) is 32.3 Å². The summed E-state index contributed by atoms with van der Waals surface area (Å²) in [5.41, 5.74) is 2.86. The van der Waals surface area contributed by atoms with Gasteiger partial charge in [0, 0.05) is 31.6 Å². The van der Waals surface area contributed by atoms with Crippen molar-refractivity contribution in [1.82, 2.24) is 0 Å². The number of benzene rings is 1. The van der Waals surface area contributed by atoms with Gasteiger partial charge in [0.15, 0.2) is 12.6 Å². The highest BCUT2D eigenvalue weighted by Crippen LogP contribution is 2.61. The molecule has 1 heterocycles. The summed E-state index contributed by atoms with van der Waals surface area (Å²) in [5, 5.41) is 0. The van der Waals surface area contributed by atoms with E-state index in [0.717, 1.165) is 24.0 Å². The standard InChI is InChI=1S/C26H32O5/c1-16-15-21(30-22(27)14-11-18-9-7-6-8-10-18)26(3)20(17(16)2)13-12-19-23(26)25(29-5)31-24(19)28-4/h6-12,14,16,20-21,23-25H,2,13,15H2,1,3-5H3/b14-11+/t16-,20-,21+,23+,24-,25+,26+/m0/s1. The van der Waals surface area contributed by atoms with E-state index < -0.39 is 18.0 Å². The van der Waals surface area contributed by atoms with Gasteiger partial charge in [0.25, 0.3) is 0 Å². The molecule has 1 saturated heterocycles. The van der Waals surface area contributed by atoms with Gasteiger partial charge in [0.1, 0.15) is 6.10 Å². The highest BCUT2D eigenvalue weighted by molar-refractivity contribution is 5.87. The molecule has 0 spiro atoms. The molecule has 2 fully saturated rings. The summed E-state index contributed by atoms with van der Waals surface area (Å²) >= 11 is 0. The van der Waals surface area contributed by atoms with Gasteiger partial charge in [-0.05, 0) is 41.9 Å². The van der Waals surface area contributed by atoms with Gasteiger partial charge in [-0.15, -0.1) is 0 Å². The number of hydrogen-bond acceptors (Lipinski definition) is 5. The first-order valence-corrected chi connectivity index (χ1v) is 10.9. The quantitative estimate of drug-likeness (QED) is 0.388. The fraction of sp³-hybridized carbons (Fsp3) is 0.500. The van der Waals surface area contributed by atoms with Gasteiger partial charge < -0.3 is 18.9 Å². The van der Waals surface area contributed by atoms with Crippen molar-refractivity contribution in [3.8, 4) is 0 Å². The third-order valence-corrected chi connectivity index (χ3v) is 7.43. The van der Waals surface area contributed by atoms with Crippen LogP contribution in [-0.4, -0.2) is 38.9 Å². The molecule has 1 aliphatic heterocycles. The van der Waals surface area contributed by atoms with Crippen LogP contribution in [0, 0.1) is 23.2 Å². The Bertz CT molecular complexity index is 888. The summed E-state index contributed by atoms with van der Waals surface area (Å²) in [4.78, 5) is 12.8. The number of fused-ring (bicyclic) bond motifs is 3. The molecular formula is C26H32O5. The van der Waals surface area contributed by atoms with E-state index in [1.807, 2.05) is 30.3 Å². The normalized spacial score (nSPS) is 37.3. The summed E-state index contributed by atoms with van der Waals surface area (Å²) < 4.78 is 23.5. The Kier molecular flexibility index (Phi) is 6.20. The number of hydrogen-bond donors (Lipinski definition) is 0. The summed E-state index contributed by atoms with van der Waals surface area (Å²) in [6.45, 7) is 8.78. The van der Waals surface area contributed by atoms with Gasteiger partial charge in [0.2, 0.25) is 0 Å². The highest BCUT2D eigenvalue weighted by atomic mass is 16.8. The Morgan fingerprint density at radius 1 is 1.23 bits per heavy atom. The maximum Gasteiger partial charge on any atom is 0.331 e. The second-order valence-corrected chi connectivity index (χ2v) is 9.03. The zero-order valence-corrected chi connectivity index (χ0v) is 18.7. The summed E-state index contributed by atoms with van der Waals surface area (Å²) in [6, 6.07) is 9.74. The van der Waals surface area contributed by atoms with Crippen LogP contribution in [0.5, 0.6) is 0 Å². The number of carbonyl (C=O) groups excluding carboxylic acids is 1. The van der Waals surface area contributed by atoms with E-state index >= 15 is 0 Å². The average Bonchev–Trinajstić information content (AvgIpc) is 3.16. The van der Waals surface area contributed by atoms with E-state index in [1.54, 1.807) is 20.3 Å². The van der Waals surface area contributed by atoms with Gasteiger partial charge in [-0.2, -0.15) is 0 Å². The molecule has 31 heavy (non-hydrogen) atoms. The van der Waals surface area contributed by atoms with Crippen LogP contribution in [-0.2, 0) is 23.7 Å². The summed E-state index contributed by atoms with van der Waals surface area (Å²) in [6.07, 6.45) is 5.91. The second kappa shape index (κ2) is 8.73. The number of carbonyl (C=O) groups is 1. The predicted molar refractivity (Wildman–Crippen MR) is 119 cm³/mol. The van der Waals surface area contributed by atoms with Crippen molar-refractivity contribution in [3.05, 3.63) is 65.8 Å². The molecule has 0 bridgehead atoms. The molecule has 7 atom stereocenters. The molecule has 1 saturated carbocycles. The SMILES string of the molecule is C=C1[C@@H](C)C[C@@H](OC(=O)/C=C/c2ccccc2)[C@]2(C)[C@@H]3C(=CC[C@@H]12)[C@@H](OC)O[C@H]3OC. The minimum absolute atomic E-state index is 0.0682. The minimum atomic E-state index is -0.453. The van der Waals surface area contributed by atoms with E-state index in [0.29, 0.717) is 0 Å². The Morgan fingerprint density at radius 2 is 1.97 bits per heavy atom. The van der Waals surface area contributed by atoms with E-state index in [1.165, 1.54) is 11.6 Å². The first-order chi connectivity index (χ1) is 14.9. The van der Waals surface area contributed by atoms with Crippen LogP contribution >= 0.6 is 0 Å². The van der Waals surface area contributed by atoms with Gasteiger partial charge in [-0.1, -0.05) is 62.4 Å². The lowest BCUT2D eigenvalue weighted by atomic mass is 9.51. The Hall–Kier alpha value is -2.21. The van der Waals surface area contributed by atoms with Crippen LogP contribution in [0.15, 0.2) is 60.2 Å². The van der Waals surface area contributed by atoms with Crippen molar-refractivity contribution in [1.29, 1.82) is 0 Å². The van der Waals surface area contributed by atoms with Crippen molar-refractivity contribution < 1.29 is 23.7 Å². The Morgan fingerprint density at radius 3 is 2.65 bits per heavy atom. The second-order valence-electron chi connectivity index (χ2n) is 9.03. The number of methoxy groups -OCH3 is 2. The average molecular weight is 425 g/mol. The fourth-order valence-electron chi connectivity index (χ4n) is 5.69. The zero-order valence-electron chi connectivity index (χ0n) is 18.7. The molecule has 166 valence electrons. The van der Waals surface area contributed by atoms with Gasteiger partial charge in [-0.25, -0.2) is 4.79 Å². The number of allylic oxidation sites excluding steroid dienone is 2. The van der Waals surface area contributed by atoms with Crippen LogP contribution in [0.4, 0.5) is 0 Å². The number of esters is 1. The predicted octanol–water partition coefficient (Wildman–Crippen LogP) is 4.75. The summed E-state index contributed by atoms with van der Waals surface area (Å²) in [5.74, 6) is 0.0467. The third-order valence-electron chi connectivity index (χ3n) is 7.43. The van der Waals surface area contributed by atoms with Crippen LogP contribution in [0.3, 0.4) is 0 Å². The molecule has 0 amide bonds. The minimum Gasteiger partial charge on any atom is -0.459 e. The van der Waals surface area contributed by atoms with Crippen LogP contribution < -0.4 is 0 Å². The molecule has 1 aromatic carbocycles. The maximum atomic E-state index is 12.8. The van der Waals surface area contributed by atoms with Crippen molar-refractivity contribution >= 4 is 12.0 Å². The molecule has 0 aromatic heterocycles. The van der Waals surface area contributed by atoms with E-state index in [-0.39, 0.29) is 29.8 Å². The lowest BCUT2D eigenvalue weighted by molar-refractivity contribution is -0.213.